The van der Waals surface area contributed by atoms with Crippen molar-refractivity contribution >= 4 is 40.6 Å². The van der Waals surface area contributed by atoms with Crippen molar-refractivity contribution in [3.05, 3.63) is 52.0 Å². The van der Waals surface area contributed by atoms with Gasteiger partial charge >= 0.3 is 6.03 Å². The van der Waals surface area contributed by atoms with Gasteiger partial charge in [-0.05, 0) is 29.8 Å². The first kappa shape index (κ1) is 21.4. The van der Waals surface area contributed by atoms with Gasteiger partial charge in [0.2, 0.25) is 0 Å². The van der Waals surface area contributed by atoms with Crippen molar-refractivity contribution in [3.8, 4) is 5.75 Å². The predicted molar refractivity (Wildman–Crippen MR) is 118 cm³/mol. The Bertz CT molecular complexity index is 870. The maximum atomic E-state index is 12.5. The van der Waals surface area contributed by atoms with E-state index in [2.05, 4.69) is 10.2 Å². The molecule has 0 spiro atoms. The highest BCUT2D eigenvalue weighted by Gasteiger charge is 2.22. The summed E-state index contributed by atoms with van der Waals surface area (Å²) in [5.41, 5.74) is 2.69. The van der Waals surface area contributed by atoms with Crippen molar-refractivity contribution in [1.29, 1.82) is 0 Å². The molecular weight excluding hydrogens is 413 g/mol. The standard InChI is InChI=1S/C20H25Cl2N5O2/c1-25(23)18-6-5-16(12-19(18)29-2)26-7-9-27(10-8-26)20(28)24-13-14-3-4-15(21)11-17(14)22/h3-6,11-12H,7-10,13,23H2,1-2H3,(H,24,28). The van der Waals surface area contributed by atoms with E-state index in [0.29, 0.717) is 35.4 Å². The van der Waals surface area contributed by atoms with Crippen molar-refractivity contribution < 1.29 is 9.53 Å². The third-order valence-corrected chi connectivity index (χ3v) is 5.51. The molecular formula is C20H25Cl2N5O2. The number of nitrogens with one attached hydrogen (secondary N) is 1. The lowest BCUT2D eigenvalue weighted by atomic mass is 10.2. The van der Waals surface area contributed by atoms with Gasteiger partial charge in [-0.15, -0.1) is 0 Å². The molecule has 2 aromatic carbocycles. The minimum absolute atomic E-state index is 0.103. The largest absolute Gasteiger partial charge is 0.494 e. The molecule has 1 saturated heterocycles. The van der Waals surface area contributed by atoms with Crippen molar-refractivity contribution in [1.82, 2.24) is 10.2 Å². The number of amides is 2. The fourth-order valence-electron chi connectivity index (χ4n) is 3.27. The summed E-state index contributed by atoms with van der Waals surface area (Å²) in [4.78, 5) is 16.5. The van der Waals surface area contributed by atoms with E-state index in [9.17, 15) is 4.79 Å². The molecule has 9 heteroatoms. The number of carbonyl (C=O) groups excluding carboxylic acids is 1. The molecule has 1 heterocycles. The third-order valence-electron chi connectivity index (χ3n) is 4.92. The van der Waals surface area contributed by atoms with Gasteiger partial charge in [0, 0.05) is 61.6 Å². The zero-order valence-electron chi connectivity index (χ0n) is 16.5. The van der Waals surface area contributed by atoms with Gasteiger partial charge in [0.15, 0.2) is 0 Å². The van der Waals surface area contributed by atoms with E-state index in [1.165, 1.54) is 5.01 Å². The number of hydrogen-bond acceptors (Lipinski definition) is 5. The van der Waals surface area contributed by atoms with E-state index in [-0.39, 0.29) is 6.03 Å². The number of nitrogens with zero attached hydrogens (tertiary/aromatic N) is 3. The molecule has 0 aliphatic carbocycles. The summed E-state index contributed by atoms with van der Waals surface area (Å²) in [7, 11) is 3.40. The molecule has 2 aromatic rings. The highest BCUT2D eigenvalue weighted by Crippen LogP contribution is 2.31. The number of rotatable bonds is 5. The number of urea groups is 1. The number of hydrogen-bond donors (Lipinski definition) is 2. The van der Waals surface area contributed by atoms with Crippen LogP contribution in [0.4, 0.5) is 16.2 Å². The van der Waals surface area contributed by atoms with E-state index >= 15 is 0 Å². The molecule has 0 radical (unpaired) electrons. The van der Waals surface area contributed by atoms with Crippen LogP contribution in [0.15, 0.2) is 36.4 Å². The molecule has 2 amide bonds. The van der Waals surface area contributed by atoms with Crippen LogP contribution in [-0.2, 0) is 6.54 Å². The van der Waals surface area contributed by atoms with Crippen LogP contribution in [0.25, 0.3) is 0 Å². The number of carbonyl (C=O) groups is 1. The van der Waals surface area contributed by atoms with Crippen LogP contribution in [0, 0.1) is 0 Å². The van der Waals surface area contributed by atoms with Gasteiger partial charge in [0.05, 0.1) is 12.8 Å². The van der Waals surface area contributed by atoms with Crippen LogP contribution in [0.5, 0.6) is 5.75 Å². The number of nitrogens with two attached hydrogens (primary N) is 1. The number of benzene rings is 2. The van der Waals surface area contributed by atoms with Crippen molar-refractivity contribution in [2.24, 2.45) is 5.84 Å². The highest BCUT2D eigenvalue weighted by molar-refractivity contribution is 6.35. The van der Waals surface area contributed by atoms with Crippen molar-refractivity contribution in [2.75, 3.05) is 50.2 Å². The summed E-state index contributed by atoms with van der Waals surface area (Å²) >= 11 is 12.1. The molecule has 0 bridgehead atoms. The van der Waals surface area contributed by atoms with Gasteiger partial charge in [-0.1, -0.05) is 29.3 Å². The van der Waals surface area contributed by atoms with Crippen LogP contribution in [0.2, 0.25) is 10.0 Å². The first-order chi connectivity index (χ1) is 13.9. The highest BCUT2D eigenvalue weighted by atomic mass is 35.5. The second kappa shape index (κ2) is 9.43. The molecule has 1 fully saturated rings. The number of anilines is 2. The molecule has 0 aromatic heterocycles. The van der Waals surface area contributed by atoms with Gasteiger partial charge in [0.1, 0.15) is 5.75 Å². The van der Waals surface area contributed by atoms with E-state index in [1.807, 2.05) is 24.3 Å². The third kappa shape index (κ3) is 5.18. The topological polar surface area (TPSA) is 74.1 Å². The number of methoxy groups -OCH3 is 1. The monoisotopic (exact) mass is 437 g/mol. The molecule has 156 valence electrons. The van der Waals surface area contributed by atoms with Gasteiger partial charge < -0.3 is 24.9 Å². The van der Waals surface area contributed by atoms with Crippen molar-refractivity contribution in [3.63, 3.8) is 0 Å². The minimum Gasteiger partial charge on any atom is -0.494 e. The summed E-state index contributed by atoms with van der Waals surface area (Å²) in [5, 5.41) is 5.57. The lowest BCUT2D eigenvalue weighted by Crippen LogP contribution is -2.51. The van der Waals surface area contributed by atoms with Gasteiger partial charge in [-0.3, -0.25) is 0 Å². The summed E-state index contributed by atoms with van der Waals surface area (Å²) in [6.07, 6.45) is 0. The zero-order chi connectivity index (χ0) is 21.0. The maximum absolute atomic E-state index is 12.5. The van der Waals surface area contributed by atoms with Gasteiger partial charge in [-0.2, -0.15) is 0 Å². The molecule has 29 heavy (non-hydrogen) atoms. The summed E-state index contributed by atoms with van der Waals surface area (Å²) < 4.78 is 5.45. The van der Waals surface area contributed by atoms with Crippen LogP contribution < -0.4 is 25.8 Å². The van der Waals surface area contributed by atoms with Crippen LogP contribution in [0.1, 0.15) is 5.56 Å². The average molecular weight is 438 g/mol. The first-order valence-electron chi connectivity index (χ1n) is 9.27. The van der Waals surface area contributed by atoms with Crippen LogP contribution >= 0.6 is 23.2 Å². The molecule has 0 unspecified atom stereocenters. The lowest BCUT2D eigenvalue weighted by Gasteiger charge is -2.36. The molecule has 1 aliphatic heterocycles. The van der Waals surface area contributed by atoms with Gasteiger partial charge in [-0.25, -0.2) is 10.6 Å². The van der Waals surface area contributed by atoms with E-state index in [1.54, 1.807) is 31.2 Å². The number of halogens is 2. The SMILES string of the molecule is COc1cc(N2CCN(C(=O)NCc3ccc(Cl)cc3Cl)CC2)ccc1N(C)N. The first-order valence-corrected chi connectivity index (χ1v) is 10.0. The number of piperazine rings is 1. The lowest BCUT2D eigenvalue weighted by molar-refractivity contribution is 0.194. The van der Waals surface area contributed by atoms with E-state index in [4.69, 9.17) is 33.8 Å². The van der Waals surface area contributed by atoms with Crippen LogP contribution in [-0.4, -0.2) is 51.3 Å². The Morgan fingerprint density at radius 1 is 1.17 bits per heavy atom. The Kier molecular flexibility index (Phi) is 6.95. The fraction of sp³-hybridized carbons (Fsp3) is 0.350. The van der Waals surface area contributed by atoms with Crippen molar-refractivity contribution in [2.45, 2.75) is 6.54 Å². The second-order valence-corrected chi connectivity index (χ2v) is 7.68. The maximum Gasteiger partial charge on any atom is 0.317 e. The Morgan fingerprint density at radius 3 is 2.52 bits per heavy atom. The molecule has 3 N–H and O–H groups in total. The zero-order valence-corrected chi connectivity index (χ0v) is 18.0. The fourth-order valence-corrected chi connectivity index (χ4v) is 3.75. The quantitative estimate of drug-likeness (QED) is 0.554. The number of hydrazine groups is 1. The second-order valence-electron chi connectivity index (χ2n) is 6.84. The Hall–Kier alpha value is -2.35. The molecule has 1 aliphatic rings. The minimum atomic E-state index is -0.103. The Labute approximate surface area is 180 Å². The summed E-state index contributed by atoms with van der Waals surface area (Å²) in [5.74, 6) is 6.55. The smallest absolute Gasteiger partial charge is 0.317 e. The average Bonchev–Trinajstić information content (AvgIpc) is 2.72. The number of ether oxygens (including phenoxy) is 1. The van der Waals surface area contributed by atoms with E-state index < -0.39 is 0 Å². The predicted octanol–water partition coefficient (Wildman–Crippen LogP) is 3.34. The van der Waals surface area contributed by atoms with Gasteiger partial charge in [0.25, 0.3) is 0 Å². The Morgan fingerprint density at radius 2 is 1.90 bits per heavy atom. The Balaban J connectivity index is 1.55. The van der Waals surface area contributed by atoms with Crippen LogP contribution in [0.3, 0.4) is 0 Å². The summed E-state index contributed by atoms with van der Waals surface area (Å²) in [6.45, 7) is 3.08. The summed E-state index contributed by atoms with van der Waals surface area (Å²) in [6, 6.07) is 11.1. The van der Waals surface area contributed by atoms with E-state index in [0.717, 1.165) is 30.0 Å². The molecule has 0 atom stereocenters. The molecule has 3 rings (SSSR count). The molecule has 7 nitrogen and oxygen atoms in total. The molecule has 0 saturated carbocycles. The normalized spacial score (nSPS) is 14.0.